The largest absolute Gasteiger partial charge is 0.379 e. The average Bonchev–Trinajstić information content (AvgIpc) is 3.47. The molecule has 0 bridgehead atoms. The van der Waals surface area contributed by atoms with Crippen molar-refractivity contribution in [3.8, 4) is 0 Å². The molecular weight excluding hydrogens is 454 g/mol. The van der Waals surface area contributed by atoms with Crippen LogP contribution in [0.2, 0.25) is 0 Å². The molecule has 0 aliphatic carbocycles. The normalized spacial score (nSPS) is 19.4. The molecule has 2 fully saturated rings. The summed E-state index contributed by atoms with van der Waals surface area (Å²) in [4.78, 5) is 22.2. The van der Waals surface area contributed by atoms with Gasteiger partial charge < -0.3 is 15.0 Å². The molecule has 10 heteroatoms. The number of carbonyl (C=O) groups is 1. The van der Waals surface area contributed by atoms with Crippen LogP contribution in [0.4, 0.5) is 14.6 Å². The molecule has 5 rings (SSSR count). The van der Waals surface area contributed by atoms with E-state index in [-0.39, 0.29) is 11.9 Å². The van der Waals surface area contributed by atoms with Gasteiger partial charge >= 0.3 is 0 Å². The molecular formula is C25H30F2N6O2. The van der Waals surface area contributed by atoms with Gasteiger partial charge in [0.15, 0.2) is 5.65 Å². The standard InChI is InChI=1S/C25H30F2N6O2/c1-25(2,16-31-10-12-35-13-11-31)30-24(34)19-15-28-33-9-7-22(29-23(19)33)32-8-3-4-21(32)18-14-17(26)5-6-20(18)27/h5-7,9,14-15,21H,3-4,8,10-13,16H2,1-2H3,(H,30,34). The summed E-state index contributed by atoms with van der Waals surface area (Å²) in [6.45, 7) is 8.42. The Morgan fingerprint density at radius 3 is 2.80 bits per heavy atom. The first-order chi connectivity index (χ1) is 16.8. The summed E-state index contributed by atoms with van der Waals surface area (Å²) >= 11 is 0. The minimum Gasteiger partial charge on any atom is -0.379 e. The molecule has 8 nitrogen and oxygen atoms in total. The summed E-state index contributed by atoms with van der Waals surface area (Å²) in [5.74, 6) is -0.551. The average molecular weight is 485 g/mol. The number of ether oxygens (including phenoxy) is 1. The number of nitrogens with one attached hydrogen (secondary N) is 1. The monoisotopic (exact) mass is 484 g/mol. The molecule has 0 radical (unpaired) electrons. The Balaban J connectivity index is 1.38. The van der Waals surface area contributed by atoms with Crippen LogP contribution < -0.4 is 10.2 Å². The third kappa shape index (κ3) is 4.99. The van der Waals surface area contributed by atoms with Gasteiger partial charge in [-0.2, -0.15) is 5.10 Å². The number of hydrogen-bond acceptors (Lipinski definition) is 6. The van der Waals surface area contributed by atoms with Crippen molar-refractivity contribution in [2.45, 2.75) is 38.3 Å². The Bertz CT molecular complexity index is 1220. The molecule has 2 saturated heterocycles. The number of hydrogen-bond donors (Lipinski definition) is 1. The van der Waals surface area contributed by atoms with Gasteiger partial charge in [-0.05, 0) is 51.0 Å². The topological polar surface area (TPSA) is 75.0 Å². The third-order valence-electron chi connectivity index (χ3n) is 6.64. The summed E-state index contributed by atoms with van der Waals surface area (Å²) in [6, 6.07) is 5.01. The van der Waals surface area contributed by atoms with Crippen LogP contribution in [0, 0.1) is 11.6 Å². The van der Waals surface area contributed by atoms with Crippen LogP contribution in [-0.2, 0) is 4.74 Å². The number of fused-ring (bicyclic) bond motifs is 1. The van der Waals surface area contributed by atoms with E-state index in [1.165, 1.54) is 12.3 Å². The van der Waals surface area contributed by atoms with E-state index in [2.05, 4.69) is 15.3 Å². The summed E-state index contributed by atoms with van der Waals surface area (Å²) < 4.78 is 35.3. The Labute approximate surface area is 202 Å². The van der Waals surface area contributed by atoms with Gasteiger partial charge in [0.2, 0.25) is 0 Å². The molecule has 3 aromatic rings. The quantitative estimate of drug-likeness (QED) is 0.579. The molecule has 1 aromatic carbocycles. The van der Waals surface area contributed by atoms with Crippen LogP contribution in [0.3, 0.4) is 0 Å². The maximum Gasteiger partial charge on any atom is 0.257 e. The van der Waals surface area contributed by atoms with Crippen molar-refractivity contribution in [1.29, 1.82) is 0 Å². The van der Waals surface area contributed by atoms with Crippen LogP contribution in [-0.4, -0.2) is 70.3 Å². The van der Waals surface area contributed by atoms with Gasteiger partial charge in [0, 0.05) is 43.5 Å². The third-order valence-corrected chi connectivity index (χ3v) is 6.64. The van der Waals surface area contributed by atoms with Crippen LogP contribution in [0.25, 0.3) is 5.65 Å². The fourth-order valence-electron chi connectivity index (χ4n) is 5.05. The summed E-state index contributed by atoms with van der Waals surface area (Å²) in [5, 5.41) is 7.41. The lowest BCUT2D eigenvalue weighted by Gasteiger charge is -2.35. The second kappa shape index (κ2) is 9.50. The van der Waals surface area contributed by atoms with Crippen molar-refractivity contribution < 1.29 is 18.3 Å². The van der Waals surface area contributed by atoms with Crippen LogP contribution >= 0.6 is 0 Å². The Morgan fingerprint density at radius 1 is 1.20 bits per heavy atom. The van der Waals surface area contributed by atoms with Crippen molar-refractivity contribution in [1.82, 2.24) is 24.8 Å². The molecule has 1 unspecified atom stereocenters. The smallest absolute Gasteiger partial charge is 0.257 e. The maximum atomic E-state index is 14.5. The number of halogens is 2. The van der Waals surface area contributed by atoms with E-state index < -0.39 is 17.2 Å². The van der Waals surface area contributed by atoms with E-state index in [9.17, 15) is 13.6 Å². The van der Waals surface area contributed by atoms with Crippen LogP contribution in [0.5, 0.6) is 0 Å². The van der Waals surface area contributed by atoms with Crippen LogP contribution in [0.15, 0.2) is 36.7 Å². The maximum absolute atomic E-state index is 14.5. The number of rotatable bonds is 6. The molecule has 186 valence electrons. The van der Waals surface area contributed by atoms with Gasteiger partial charge in [-0.15, -0.1) is 0 Å². The Hall–Kier alpha value is -3.11. The summed E-state index contributed by atoms with van der Waals surface area (Å²) in [5.41, 5.74) is 0.651. The number of benzene rings is 1. The predicted molar refractivity (Wildman–Crippen MR) is 127 cm³/mol. The fourth-order valence-corrected chi connectivity index (χ4v) is 5.05. The van der Waals surface area contributed by atoms with Crippen molar-refractivity contribution in [3.05, 3.63) is 59.4 Å². The van der Waals surface area contributed by atoms with Crippen molar-refractivity contribution in [2.24, 2.45) is 0 Å². The first kappa shape index (κ1) is 23.6. The molecule has 0 spiro atoms. The number of morpholine rings is 1. The zero-order valence-corrected chi connectivity index (χ0v) is 20.0. The van der Waals surface area contributed by atoms with Gasteiger partial charge in [-0.3, -0.25) is 9.69 Å². The zero-order valence-electron chi connectivity index (χ0n) is 20.0. The highest BCUT2D eigenvalue weighted by Gasteiger charge is 2.31. The van der Waals surface area contributed by atoms with E-state index in [0.717, 1.165) is 31.6 Å². The minimum atomic E-state index is -0.467. The van der Waals surface area contributed by atoms with Crippen molar-refractivity contribution in [2.75, 3.05) is 44.3 Å². The predicted octanol–water partition coefficient (Wildman–Crippen LogP) is 3.19. The lowest BCUT2D eigenvalue weighted by Crippen LogP contribution is -2.53. The number of aromatic nitrogens is 3. The Morgan fingerprint density at radius 2 is 2.00 bits per heavy atom. The van der Waals surface area contributed by atoms with Gasteiger partial charge in [0.25, 0.3) is 5.91 Å². The molecule has 1 amide bonds. The van der Waals surface area contributed by atoms with E-state index >= 15 is 0 Å². The molecule has 2 aliphatic rings. The lowest BCUT2D eigenvalue weighted by atomic mass is 10.0. The second-order valence-electron chi connectivity index (χ2n) is 9.86. The molecule has 2 aliphatic heterocycles. The molecule has 1 N–H and O–H groups in total. The minimum absolute atomic E-state index is 0.253. The first-order valence-corrected chi connectivity index (χ1v) is 12.0. The van der Waals surface area contributed by atoms with E-state index in [0.29, 0.717) is 55.3 Å². The lowest BCUT2D eigenvalue weighted by molar-refractivity contribution is 0.0269. The highest BCUT2D eigenvalue weighted by atomic mass is 19.1. The number of anilines is 1. The molecule has 2 aromatic heterocycles. The highest BCUT2D eigenvalue weighted by molar-refractivity contribution is 6.00. The second-order valence-corrected chi connectivity index (χ2v) is 9.86. The molecule has 0 saturated carbocycles. The molecule has 4 heterocycles. The van der Waals surface area contributed by atoms with Crippen molar-refractivity contribution in [3.63, 3.8) is 0 Å². The number of carbonyl (C=O) groups excluding carboxylic acids is 1. The van der Waals surface area contributed by atoms with E-state index in [1.54, 1.807) is 16.8 Å². The number of amides is 1. The molecule has 1 atom stereocenters. The number of nitrogens with zero attached hydrogens (tertiary/aromatic N) is 5. The SMILES string of the molecule is CC(C)(CN1CCOCC1)NC(=O)c1cnn2ccc(N3CCCC3c3cc(F)ccc3F)nc12. The summed E-state index contributed by atoms with van der Waals surface area (Å²) in [7, 11) is 0. The van der Waals surface area contributed by atoms with Gasteiger partial charge in [-0.25, -0.2) is 18.3 Å². The molecule has 35 heavy (non-hydrogen) atoms. The van der Waals surface area contributed by atoms with E-state index in [4.69, 9.17) is 9.72 Å². The van der Waals surface area contributed by atoms with Crippen LogP contribution in [0.1, 0.15) is 48.7 Å². The van der Waals surface area contributed by atoms with Crippen molar-refractivity contribution >= 4 is 17.4 Å². The van der Waals surface area contributed by atoms with Gasteiger partial charge in [0.1, 0.15) is 23.0 Å². The first-order valence-electron chi connectivity index (χ1n) is 12.0. The zero-order chi connectivity index (χ0) is 24.6. The van der Waals surface area contributed by atoms with E-state index in [1.807, 2.05) is 18.7 Å². The van der Waals surface area contributed by atoms with Gasteiger partial charge in [-0.1, -0.05) is 0 Å². The summed E-state index contributed by atoms with van der Waals surface area (Å²) in [6.07, 6.45) is 4.77. The highest BCUT2D eigenvalue weighted by Crippen LogP contribution is 2.36. The van der Waals surface area contributed by atoms with Gasteiger partial charge in [0.05, 0.1) is 25.5 Å². The fraction of sp³-hybridized carbons (Fsp3) is 0.480. The Kier molecular flexibility index (Phi) is 6.41.